The zero-order valence-electron chi connectivity index (χ0n) is 9.40. The lowest BCUT2D eigenvalue weighted by Crippen LogP contribution is -2.32. The van der Waals surface area contributed by atoms with E-state index in [1.165, 1.54) is 6.07 Å². The number of benzene rings is 1. The maximum Gasteiger partial charge on any atom is 0.299 e. The predicted octanol–water partition coefficient (Wildman–Crippen LogP) is 0.518. The summed E-state index contributed by atoms with van der Waals surface area (Å²) >= 11 is 0. The summed E-state index contributed by atoms with van der Waals surface area (Å²) in [5.74, 6) is -0.989. The Hall–Kier alpha value is -1.67. The third-order valence-corrected chi connectivity index (χ3v) is 3.55. The second-order valence-corrected chi connectivity index (χ2v) is 5.55. The standard InChI is InChI=1S/C10H13FN4O2S/c11-6-1-4-9(8(5-6)10(12)13)15-18(16,17)14-7-2-3-7/h1,4-5,7,14-15H,2-3H2,(H3,12,13). The smallest absolute Gasteiger partial charge is 0.299 e. The van der Waals surface area contributed by atoms with E-state index >= 15 is 0 Å². The van der Waals surface area contributed by atoms with E-state index in [1.54, 1.807) is 0 Å². The number of halogens is 1. The van der Waals surface area contributed by atoms with Gasteiger partial charge in [0.15, 0.2) is 0 Å². The number of nitrogen functional groups attached to an aromatic ring is 1. The van der Waals surface area contributed by atoms with Gasteiger partial charge in [0.2, 0.25) is 0 Å². The van der Waals surface area contributed by atoms with Crippen molar-refractivity contribution < 1.29 is 12.8 Å². The summed E-state index contributed by atoms with van der Waals surface area (Å²) in [5, 5.41) is 7.29. The van der Waals surface area contributed by atoms with Gasteiger partial charge < -0.3 is 5.73 Å². The highest BCUT2D eigenvalue weighted by Gasteiger charge is 2.27. The van der Waals surface area contributed by atoms with Crippen LogP contribution in [0.3, 0.4) is 0 Å². The minimum absolute atomic E-state index is 0.0103. The molecule has 18 heavy (non-hydrogen) atoms. The van der Waals surface area contributed by atoms with Crippen molar-refractivity contribution in [3.8, 4) is 0 Å². The van der Waals surface area contributed by atoms with E-state index in [-0.39, 0.29) is 17.3 Å². The molecule has 0 unspecified atom stereocenters. The molecular weight excluding hydrogens is 259 g/mol. The summed E-state index contributed by atoms with van der Waals surface area (Å²) in [6.45, 7) is 0. The van der Waals surface area contributed by atoms with Crippen molar-refractivity contribution in [2.75, 3.05) is 4.72 Å². The summed E-state index contributed by atoms with van der Waals surface area (Å²) < 4.78 is 41.0. The fourth-order valence-corrected chi connectivity index (χ4v) is 2.62. The van der Waals surface area contributed by atoms with Crippen LogP contribution >= 0.6 is 0 Å². The van der Waals surface area contributed by atoms with Gasteiger partial charge >= 0.3 is 0 Å². The molecule has 0 atom stereocenters. The summed E-state index contributed by atoms with van der Waals surface area (Å²) in [4.78, 5) is 0. The third kappa shape index (κ3) is 3.17. The van der Waals surface area contributed by atoms with Crippen LogP contribution in [0.15, 0.2) is 18.2 Å². The first-order chi connectivity index (χ1) is 8.37. The zero-order chi connectivity index (χ0) is 13.3. The van der Waals surface area contributed by atoms with Crippen LogP contribution in [0.5, 0.6) is 0 Å². The number of amidine groups is 1. The predicted molar refractivity (Wildman–Crippen MR) is 66.1 cm³/mol. The Labute approximate surface area is 104 Å². The monoisotopic (exact) mass is 272 g/mol. The summed E-state index contributed by atoms with van der Waals surface area (Å²) in [5.41, 5.74) is 5.37. The molecule has 0 heterocycles. The van der Waals surface area contributed by atoms with Crippen LogP contribution in [0, 0.1) is 11.2 Å². The molecule has 5 N–H and O–H groups in total. The lowest BCUT2D eigenvalue weighted by Gasteiger charge is -2.12. The molecule has 8 heteroatoms. The highest BCUT2D eigenvalue weighted by Crippen LogP contribution is 2.22. The Morgan fingerprint density at radius 3 is 2.67 bits per heavy atom. The second-order valence-electron chi connectivity index (χ2n) is 4.10. The number of anilines is 1. The Kier molecular flexibility index (Phi) is 3.22. The molecule has 2 rings (SSSR count). The average molecular weight is 272 g/mol. The van der Waals surface area contributed by atoms with Crippen molar-refractivity contribution in [3.05, 3.63) is 29.6 Å². The van der Waals surface area contributed by atoms with Gasteiger partial charge in [-0.15, -0.1) is 0 Å². The van der Waals surface area contributed by atoms with E-state index in [0.29, 0.717) is 0 Å². The molecular formula is C10H13FN4O2S. The lowest BCUT2D eigenvalue weighted by molar-refractivity contribution is 0.586. The molecule has 0 spiro atoms. The van der Waals surface area contributed by atoms with E-state index in [0.717, 1.165) is 25.0 Å². The Balaban J connectivity index is 2.25. The fraction of sp³-hybridized carbons (Fsp3) is 0.300. The van der Waals surface area contributed by atoms with E-state index in [4.69, 9.17) is 11.1 Å². The Bertz CT molecular complexity index is 584. The average Bonchev–Trinajstić information content (AvgIpc) is 3.03. The number of nitrogens with one attached hydrogen (secondary N) is 3. The van der Waals surface area contributed by atoms with Gasteiger partial charge in [0, 0.05) is 11.6 Å². The molecule has 1 aromatic rings. The number of rotatable bonds is 5. The van der Waals surface area contributed by atoms with Gasteiger partial charge in [-0.25, -0.2) is 4.39 Å². The van der Waals surface area contributed by atoms with Gasteiger partial charge in [-0.3, -0.25) is 10.1 Å². The minimum Gasteiger partial charge on any atom is -0.384 e. The normalized spacial score (nSPS) is 15.4. The van der Waals surface area contributed by atoms with Gasteiger partial charge in [0.25, 0.3) is 10.2 Å². The maximum atomic E-state index is 13.0. The third-order valence-electron chi connectivity index (χ3n) is 2.42. The number of hydrogen-bond donors (Lipinski definition) is 4. The molecule has 0 aromatic heterocycles. The highest BCUT2D eigenvalue weighted by molar-refractivity contribution is 7.90. The lowest BCUT2D eigenvalue weighted by atomic mass is 10.1. The first-order valence-electron chi connectivity index (χ1n) is 5.31. The van der Waals surface area contributed by atoms with E-state index in [1.807, 2.05) is 0 Å². The van der Waals surface area contributed by atoms with Crippen molar-refractivity contribution in [2.45, 2.75) is 18.9 Å². The first kappa shape index (κ1) is 12.8. The fourth-order valence-electron chi connectivity index (χ4n) is 1.42. The van der Waals surface area contributed by atoms with E-state index in [9.17, 15) is 12.8 Å². The van der Waals surface area contributed by atoms with Gasteiger partial charge in [-0.2, -0.15) is 13.1 Å². The van der Waals surface area contributed by atoms with Crippen LogP contribution < -0.4 is 15.2 Å². The largest absolute Gasteiger partial charge is 0.384 e. The van der Waals surface area contributed by atoms with Crippen molar-refractivity contribution in [3.63, 3.8) is 0 Å². The molecule has 6 nitrogen and oxygen atoms in total. The van der Waals surface area contributed by atoms with Gasteiger partial charge in [-0.05, 0) is 31.0 Å². The molecule has 1 aliphatic carbocycles. The van der Waals surface area contributed by atoms with Crippen molar-refractivity contribution >= 4 is 21.7 Å². The number of hydrogen-bond acceptors (Lipinski definition) is 3. The van der Waals surface area contributed by atoms with Gasteiger partial charge in [0.05, 0.1) is 5.69 Å². The SMILES string of the molecule is N=C(N)c1cc(F)ccc1NS(=O)(=O)NC1CC1. The molecule has 98 valence electrons. The van der Waals surface area contributed by atoms with Crippen molar-refractivity contribution in [2.24, 2.45) is 5.73 Å². The molecule has 0 aliphatic heterocycles. The maximum absolute atomic E-state index is 13.0. The Morgan fingerprint density at radius 1 is 1.44 bits per heavy atom. The van der Waals surface area contributed by atoms with Crippen LogP contribution in [0.25, 0.3) is 0 Å². The van der Waals surface area contributed by atoms with Crippen molar-refractivity contribution in [1.29, 1.82) is 5.41 Å². The van der Waals surface area contributed by atoms with Crippen LogP contribution in [-0.4, -0.2) is 20.3 Å². The first-order valence-corrected chi connectivity index (χ1v) is 6.80. The molecule has 1 saturated carbocycles. The second kappa shape index (κ2) is 4.54. The molecule has 0 amide bonds. The van der Waals surface area contributed by atoms with Crippen LogP contribution in [0.1, 0.15) is 18.4 Å². The van der Waals surface area contributed by atoms with Crippen molar-refractivity contribution in [1.82, 2.24) is 4.72 Å². The highest BCUT2D eigenvalue weighted by atomic mass is 32.2. The molecule has 0 saturated heterocycles. The molecule has 1 aliphatic rings. The summed E-state index contributed by atoms with van der Waals surface area (Å²) in [6, 6.07) is 3.31. The zero-order valence-corrected chi connectivity index (χ0v) is 10.2. The van der Waals surface area contributed by atoms with E-state index in [2.05, 4.69) is 9.44 Å². The molecule has 1 fully saturated rings. The summed E-state index contributed by atoms with van der Waals surface area (Å²) in [7, 11) is -3.71. The minimum atomic E-state index is -3.71. The van der Waals surface area contributed by atoms with Crippen LogP contribution in [0.2, 0.25) is 0 Å². The molecule has 1 aromatic carbocycles. The van der Waals surface area contributed by atoms with E-state index < -0.39 is 21.9 Å². The van der Waals surface area contributed by atoms with Gasteiger partial charge in [0.1, 0.15) is 11.7 Å². The summed E-state index contributed by atoms with van der Waals surface area (Å²) in [6.07, 6.45) is 1.62. The molecule has 0 bridgehead atoms. The molecule has 0 radical (unpaired) electrons. The van der Waals surface area contributed by atoms with Crippen LogP contribution in [-0.2, 0) is 10.2 Å². The van der Waals surface area contributed by atoms with Gasteiger partial charge in [-0.1, -0.05) is 0 Å². The quantitative estimate of drug-likeness (QED) is 0.463. The number of nitrogens with two attached hydrogens (primary N) is 1. The van der Waals surface area contributed by atoms with Crippen LogP contribution in [0.4, 0.5) is 10.1 Å². The Morgan fingerprint density at radius 2 is 2.11 bits per heavy atom. The topological polar surface area (TPSA) is 108 Å².